The number of likely N-dealkylation sites (tertiary alicyclic amines) is 1. The van der Waals surface area contributed by atoms with Crippen LogP contribution in [0.1, 0.15) is 33.6 Å². The summed E-state index contributed by atoms with van der Waals surface area (Å²) in [7, 11) is 1.66. The number of ether oxygens (including phenoxy) is 1. The van der Waals surface area contributed by atoms with Crippen molar-refractivity contribution in [1.29, 1.82) is 0 Å². The van der Waals surface area contributed by atoms with E-state index in [1.807, 2.05) is 0 Å². The fraction of sp³-hybridized carbons (Fsp3) is 0.462. The molecule has 2 rings (SSSR count). The summed E-state index contributed by atoms with van der Waals surface area (Å²) in [5.41, 5.74) is 0.139. The van der Waals surface area contributed by atoms with E-state index in [4.69, 9.17) is 9.84 Å². The smallest absolute Gasteiger partial charge is 0.338 e. The molecule has 2 heterocycles. The van der Waals surface area contributed by atoms with Crippen molar-refractivity contribution in [2.75, 3.05) is 20.2 Å². The van der Waals surface area contributed by atoms with E-state index in [2.05, 4.69) is 4.98 Å². The average Bonchev–Trinajstić information content (AvgIpc) is 2.46. The van der Waals surface area contributed by atoms with Gasteiger partial charge in [-0.3, -0.25) is 9.78 Å². The Kier molecular flexibility index (Phi) is 4.11. The van der Waals surface area contributed by atoms with Crippen molar-refractivity contribution in [2.45, 2.75) is 18.9 Å². The van der Waals surface area contributed by atoms with Gasteiger partial charge in [-0.25, -0.2) is 4.79 Å². The number of carboxylic acids is 1. The molecule has 0 aromatic carbocycles. The molecule has 0 radical (unpaired) electrons. The highest BCUT2D eigenvalue weighted by Crippen LogP contribution is 2.17. The van der Waals surface area contributed by atoms with Crippen molar-refractivity contribution in [3.8, 4) is 0 Å². The first-order valence-corrected chi connectivity index (χ1v) is 6.13. The fourth-order valence-corrected chi connectivity index (χ4v) is 2.22. The largest absolute Gasteiger partial charge is 0.478 e. The summed E-state index contributed by atoms with van der Waals surface area (Å²) in [5.74, 6) is -1.39. The lowest BCUT2D eigenvalue weighted by Gasteiger charge is -2.31. The Balaban J connectivity index is 2.15. The average molecular weight is 264 g/mol. The van der Waals surface area contributed by atoms with Gasteiger partial charge in [-0.05, 0) is 18.9 Å². The van der Waals surface area contributed by atoms with E-state index in [1.165, 1.54) is 18.5 Å². The molecule has 1 aliphatic heterocycles. The minimum Gasteiger partial charge on any atom is -0.478 e. The van der Waals surface area contributed by atoms with Crippen LogP contribution in [0.2, 0.25) is 0 Å². The van der Waals surface area contributed by atoms with Crippen LogP contribution in [-0.4, -0.2) is 53.2 Å². The maximum absolute atomic E-state index is 12.3. The maximum atomic E-state index is 12.3. The summed E-state index contributed by atoms with van der Waals surface area (Å²) in [6.45, 7) is 1.16. The van der Waals surface area contributed by atoms with Gasteiger partial charge in [-0.15, -0.1) is 0 Å². The number of hydrogen-bond acceptors (Lipinski definition) is 4. The van der Waals surface area contributed by atoms with E-state index in [0.29, 0.717) is 13.1 Å². The highest BCUT2D eigenvalue weighted by molar-refractivity contribution is 6.04. The first-order valence-electron chi connectivity index (χ1n) is 6.13. The fourth-order valence-electron chi connectivity index (χ4n) is 2.22. The first-order chi connectivity index (χ1) is 9.13. The third-order valence-electron chi connectivity index (χ3n) is 3.34. The van der Waals surface area contributed by atoms with Gasteiger partial charge in [0.15, 0.2) is 0 Å². The zero-order valence-corrected chi connectivity index (χ0v) is 10.7. The lowest BCUT2D eigenvalue weighted by molar-refractivity contribution is 0.0347. The molecule has 1 aromatic rings. The summed E-state index contributed by atoms with van der Waals surface area (Å²) in [6, 6.07) is 1.45. The summed E-state index contributed by atoms with van der Waals surface area (Å²) >= 11 is 0. The van der Waals surface area contributed by atoms with Gasteiger partial charge in [0.2, 0.25) is 0 Å². The van der Waals surface area contributed by atoms with Crippen molar-refractivity contribution >= 4 is 11.9 Å². The molecule has 0 bridgehead atoms. The van der Waals surface area contributed by atoms with E-state index in [0.717, 1.165) is 12.8 Å². The number of aromatic carboxylic acids is 1. The van der Waals surface area contributed by atoms with Crippen LogP contribution in [0.25, 0.3) is 0 Å². The van der Waals surface area contributed by atoms with Crippen LogP contribution in [0.4, 0.5) is 0 Å². The number of aromatic nitrogens is 1. The van der Waals surface area contributed by atoms with Crippen molar-refractivity contribution < 1.29 is 19.4 Å². The summed E-state index contributed by atoms with van der Waals surface area (Å²) in [4.78, 5) is 28.8. The van der Waals surface area contributed by atoms with Gasteiger partial charge in [-0.2, -0.15) is 0 Å². The van der Waals surface area contributed by atoms with E-state index >= 15 is 0 Å². The lowest BCUT2D eigenvalue weighted by Crippen LogP contribution is -2.41. The summed E-state index contributed by atoms with van der Waals surface area (Å²) in [6.07, 6.45) is 4.37. The van der Waals surface area contributed by atoms with Crippen molar-refractivity contribution in [2.24, 2.45) is 0 Å². The molecule has 1 saturated heterocycles. The van der Waals surface area contributed by atoms with Crippen LogP contribution < -0.4 is 0 Å². The Morgan fingerprint density at radius 2 is 2.05 bits per heavy atom. The highest BCUT2D eigenvalue weighted by atomic mass is 16.5. The van der Waals surface area contributed by atoms with Crippen LogP contribution in [0.3, 0.4) is 0 Å². The molecule has 0 atom stereocenters. The monoisotopic (exact) mass is 264 g/mol. The minimum absolute atomic E-state index is 0.0543. The second-order valence-corrected chi connectivity index (χ2v) is 4.45. The second kappa shape index (κ2) is 5.79. The van der Waals surface area contributed by atoms with Crippen LogP contribution in [0.5, 0.6) is 0 Å². The molecule has 6 heteroatoms. The molecule has 1 N–H and O–H groups in total. The molecule has 1 aromatic heterocycles. The SMILES string of the molecule is COC1CCN(C(=O)c2ccncc2C(=O)O)CC1. The number of carbonyl (C=O) groups is 2. The van der Waals surface area contributed by atoms with Gasteiger partial charge < -0.3 is 14.7 Å². The van der Waals surface area contributed by atoms with E-state index < -0.39 is 5.97 Å². The predicted molar refractivity (Wildman–Crippen MR) is 67.1 cm³/mol. The predicted octanol–water partition coefficient (Wildman–Crippen LogP) is 1.03. The standard InChI is InChI=1S/C13H16N2O4/c1-19-9-3-6-15(7-4-9)12(16)10-2-5-14-8-11(10)13(17)18/h2,5,8-9H,3-4,6-7H2,1H3,(H,17,18). The molecule has 19 heavy (non-hydrogen) atoms. The Bertz CT molecular complexity index is 481. The Morgan fingerprint density at radius 1 is 1.37 bits per heavy atom. The third kappa shape index (κ3) is 2.90. The molecule has 0 unspecified atom stereocenters. The van der Waals surface area contributed by atoms with E-state index in [9.17, 15) is 9.59 Å². The number of hydrogen-bond donors (Lipinski definition) is 1. The van der Waals surface area contributed by atoms with Gasteiger partial charge in [0.05, 0.1) is 17.2 Å². The van der Waals surface area contributed by atoms with Crippen molar-refractivity contribution in [1.82, 2.24) is 9.88 Å². The molecular formula is C13H16N2O4. The number of piperidine rings is 1. The number of amides is 1. The molecule has 1 fully saturated rings. The van der Waals surface area contributed by atoms with Crippen LogP contribution >= 0.6 is 0 Å². The number of rotatable bonds is 3. The molecule has 0 saturated carbocycles. The molecule has 6 nitrogen and oxygen atoms in total. The Hall–Kier alpha value is -1.95. The zero-order valence-electron chi connectivity index (χ0n) is 10.7. The normalized spacial score (nSPS) is 16.4. The lowest BCUT2D eigenvalue weighted by atomic mass is 10.0. The van der Waals surface area contributed by atoms with E-state index in [1.54, 1.807) is 12.0 Å². The number of carboxylic acid groups (broad SMARTS) is 1. The first kappa shape index (κ1) is 13.5. The van der Waals surface area contributed by atoms with Crippen molar-refractivity contribution in [3.05, 3.63) is 29.6 Å². The van der Waals surface area contributed by atoms with Crippen LogP contribution in [-0.2, 0) is 4.74 Å². The van der Waals surface area contributed by atoms with Crippen LogP contribution in [0.15, 0.2) is 18.5 Å². The Morgan fingerprint density at radius 3 is 2.63 bits per heavy atom. The summed E-state index contributed by atoms with van der Waals surface area (Å²) in [5, 5.41) is 9.06. The van der Waals surface area contributed by atoms with Gasteiger partial charge in [0.25, 0.3) is 5.91 Å². The number of pyridine rings is 1. The molecule has 0 aliphatic carbocycles. The highest BCUT2D eigenvalue weighted by Gasteiger charge is 2.26. The van der Waals surface area contributed by atoms with Crippen molar-refractivity contribution in [3.63, 3.8) is 0 Å². The zero-order chi connectivity index (χ0) is 13.8. The molecular weight excluding hydrogens is 248 g/mol. The van der Waals surface area contributed by atoms with Gasteiger partial charge >= 0.3 is 5.97 Å². The quantitative estimate of drug-likeness (QED) is 0.882. The minimum atomic E-state index is -1.14. The van der Waals surface area contributed by atoms with Gasteiger partial charge in [-0.1, -0.05) is 0 Å². The maximum Gasteiger partial charge on any atom is 0.338 e. The number of methoxy groups -OCH3 is 1. The third-order valence-corrected chi connectivity index (χ3v) is 3.34. The topological polar surface area (TPSA) is 79.7 Å². The number of carbonyl (C=O) groups excluding carboxylic acids is 1. The van der Waals surface area contributed by atoms with Gasteiger partial charge in [0.1, 0.15) is 0 Å². The Labute approximate surface area is 111 Å². The van der Waals surface area contributed by atoms with Gasteiger partial charge in [0, 0.05) is 32.6 Å². The molecule has 0 spiro atoms. The number of nitrogens with zero attached hydrogens (tertiary/aromatic N) is 2. The molecule has 102 valence electrons. The van der Waals surface area contributed by atoms with Crippen LogP contribution in [0, 0.1) is 0 Å². The molecule has 1 aliphatic rings. The van der Waals surface area contributed by atoms with E-state index in [-0.39, 0.29) is 23.1 Å². The molecule has 1 amide bonds. The second-order valence-electron chi connectivity index (χ2n) is 4.45. The summed E-state index contributed by atoms with van der Waals surface area (Å²) < 4.78 is 5.24.